The molecular formula is C12H15F3N2O3S. The van der Waals surface area contributed by atoms with Crippen molar-refractivity contribution in [3.8, 4) is 0 Å². The molecule has 21 heavy (non-hydrogen) atoms. The van der Waals surface area contributed by atoms with Crippen molar-refractivity contribution < 1.29 is 26.3 Å². The Hall–Kier alpha value is -1.61. The summed E-state index contributed by atoms with van der Waals surface area (Å²) in [6, 6.07) is 5.35. The molecule has 0 bridgehead atoms. The van der Waals surface area contributed by atoms with Crippen molar-refractivity contribution in [2.45, 2.75) is 24.1 Å². The molecule has 0 saturated heterocycles. The maximum Gasteiger partial charge on any atom is 0.414 e. The molecular weight excluding hydrogens is 309 g/mol. The summed E-state index contributed by atoms with van der Waals surface area (Å²) in [4.78, 5) is -0.113. The lowest BCUT2D eigenvalue weighted by Crippen LogP contribution is -2.30. The number of nitrogens with one attached hydrogen (secondary N) is 1. The fraction of sp³-hybridized carbons (Fsp3) is 0.417. The summed E-state index contributed by atoms with van der Waals surface area (Å²) in [7, 11) is -3.80. The lowest BCUT2D eigenvalue weighted by Gasteiger charge is -2.16. The summed E-state index contributed by atoms with van der Waals surface area (Å²) in [5.74, 6) is -0.886. The zero-order valence-corrected chi connectivity index (χ0v) is 12.0. The van der Waals surface area contributed by atoms with Crippen LogP contribution in [0.1, 0.15) is 12.5 Å². The van der Waals surface area contributed by atoms with Gasteiger partial charge in [-0.15, -0.1) is 0 Å². The highest BCUT2D eigenvalue weighted by molar-refractivity contribution is 7.91. The van der Waals surface area contributed by atoms with Crippen molar-refractivity contribution in [1.29, 1.82) is 5.41 Å². The maximum atomic E-state index is 12.2. The van der Waals surface area contributed by atoms with Crippen molar-refractivity contribution in [2.75, 3.05) is 12.4 Å². The molecule has 9 heteroatoms. The van der Waals surface area contributed by atoms with E-state index in [0.29, 0.717) is 0 Å². The van der Waals surface area contributed by atoms with Crippen LogP contribution in [0.4, 0.5) is 13.2 Å². The molecule has 0 radical (unpaired) electrons. The number of ether oxygens (including phenoxy) is 1. The van der Waals surface area contributed by atoms with Crippen LogP contribution >= 0.6 is 0 Å². The van der Waals surface area contributed by atoms with Gasteiger partial charge in [0.1, 0.15) is 5.84 Å². The van der Waals surface area contributed by atoms with E-state index in [4.69, 9.17) is 11.1 Å². The van der Waals surface area contributed by atoms with Crippen LogP contribution in [0.3, 0.4) is 0 Å². The molecule has 0 heterocycles. The summed E-state index contributed by atoms with van der Waals surface area (Å²) in [6.45, 7) is 0.232. The van der Waals surface area contributed by atoms with Gasteiger partial charge in [-0.25, -0.2) is 8.42 Å². The first-order valence-corrected chi connectivity index (χ1v) is 7.55. The van der Waals surface area contributed by atoms with Crippen LogP contribution in [0.5, 0.6) is 0 Å². The first kappa shape index (κ1) is 17.4. The second kappa shape index (κ2) is 6.44. The molecule has 1 atom stereocenters. The fourth-order valence-electron chi connectivity index (χ4n) is 1.40. The molecule has 0 aromatic heterocycles. The van der Waals surface area contributed by atoms with E-state index in [1.165, 1.54) is 24.3 Å². The van der Waals surface area contributed by atoms with Gasteiger partial charge in [0.25, 0.3) is 0 Å². The average Bonchev–Trinajstić information content (AvgIpc) is 2.37. The van der Waals surface area contributed by atoms with Crippen LogP contribution in [0, 0.1) is 5.41 Å². The Morgan fingerprint density at radius 3 is 2.57 bits per heavy atom. The summed E-state index contributed by atoms with van der Waals surface area (Å²) >= 11 is 0. The normalized spacial score (nSPS) is 13.9. The minimum Gasteiger partial charge on any atom is -0.384 e. The molecule has 0 aliphatic carbocycles. The van der Waals surface area contributed by atoms with E-state index >= 15 is 0 Å². The van der Waals surface area contributed by atoms with Gasteiger partial charge in [0.15, 0.2) is 15.9 Å². The van der Waals surface area contributed by atoms with Gasteiger partial charge in [-0.05, 0) is 19.1 Å². The zero-order valence-electron chi connectivity index (χ0n) is 11.1. The number of nitrogen functional groups attached to an aromatic ring is 1. The van der Waals surface area contributed by atoms with Crippen molar-refractivity contribution in [3.05, 3.63) is 29.8 Å². The van der Waals surface area contributed by atoms with E-state index in [0.717, 1.165) is 6.92 Å². The number of halogens is 3. The number of nitrogens with two attached hydrogens (primary N) is 1. The third kappa shape index (κ3) is 5.01. The zero-order chi connectivity index (χ0) is 16.3. The second-order valence-electron chi connectivity index (χ2n) is 4.32. The van der Waals surface area contributed by atoms with Crippen LogP contribution in [-0.4, -0.2) is 38.9 Å². The smallest absolute Gasteiger partial charge is 0.384 e. The Kier molecular flexibility index (Phi) is 5.35. The predicted molar refractivity (Wildman–Crippen MR) is 71.0 cm³/mol. The van der Waals surface area contributed by atoms with Gasteiger partial charge in [-0.2, -0.15) is 13.2 Å². The molecule has 0 spiro atoms. The third-order valence-corrected chi connectivity index (χ3v) is 4.36. The number of rotatable bonds is 6. The molecule has 1 unspecified atom stereocenters. The van der Waals surface area contributed by atoms with E-state index in [9.17, 15) is 21.6 Å². The Labute approximate surface area is 120 Å². The average molecular weight is 324 g/mol. The molecule has 0 saturated carbocycles. The van der Waals surface area contributed by atoms with E-state index in [-0.39, 0.29) is 16.3 Å². The predicted octanol–water partition coefficient (Wildman–Crippen LogP) is 1.71. The van der Waals surface area contributed by atoms with Crippen LogP contribution in [0.15, 0.2) is 29.2 Å². The number of sulfone groups is 1. The fourth-order valence-corrected chi connectivity index (χ4v) is 2.55. The molecule has 118 valence electrons. The van der Waals surface area contributed by atoms with Crippen molar-refractivity contribution in [2.24, 2.45) is 5.73 Å². The number of alkyl halides is 3. The Morgan fingerprint density at radius 2 is 2.05 bits per heavy atom. The standard InChI is InChI=1S/C12H15F3N2O3S/c1-8(12(13,14)15)20-5-6-21(18,19)10-4-2-3-9(7-10)11(16)17/h2-4,7-8H,5-6H2,1H3,(H3,16,17). The Balaban J connectivity index is 2.74. The van der Waals surface area contributed by atoms with Gasteiger partial charge in [0.2, 0.25) is 0 Å². The number of hydrogen-bond donors (Lipinski definition) is 2. The van der Waals surface area contributed by atoms with Gasteiger partial charge in [-0.1, -0.05) is 12.1 Å². The summed E-state index contributed by atoms with van der Waals surface area (Å²) in [6.07, 6.45) is -6.56. The Bertz CT molecular complexity index is 614. The van der Waals surface area contributed by atoms with Gasteiger partial charge < -0.3 is 10.5 Å². The third-order valence-electron chi connectivity index (χ3n) is 2.69. The van der Waals surface area contributed by atoms with Crippen LogP contribution < -0.4 is 5.73 Å². The summed E-state index contributed by atoms with van der Waals surface area (Å²) in [5, 5.41) is 7.23. The van der Waals surface area contributed by atoms with Gasteiger partial charge in [0.05, 0.1) is 17.3 Å². The molecule has 1 rings (SSSR count). The summed E-state index contributed by atoms with van der Waals surface area (Å²) in [5.41, 5.74) is 5.48. The minimum atomic E-state index is -4.53. The van der Waals surface area contributed by atoms with Crippen LogP contribution in [0.2, 0.25) is 0 Å². The van der Waals surface area contributed by atoms with E-state index in [2.05, 4.69) is 4.74 Å². The van der Waals surface area contributed by atoms with Gasteiger partial charge >= 0.3 is 6.18 Å². The molecule has 0 amide bonds. The van der Waals surface area contributed by atoms with Gasteiger partial charge in [0, 0.05) is 5.56 Å². The van der Waals surface area contributed by atoms with Crippen LogP contribution in [0.25, 0.3) is 0 Å². The highest BCUT2D eigenvalue weighted by Gasteiger charge is 2.37. The van der Waals surface area contributed by atoms with Crippen molar-refractivity contribution >= 4 is 15.7 Å². The lowest BCUT2D eigenvalue weighted by molar-refractivity contribution is -0.212. The monoisotopic (exact) mass is 324 g/mol. The van der Waals surface area contributed by atoms with E-state index in [1.54, 1.807) is 0 Å². The number of benzene rings is 1. The number of amidine groups is 1. The molecule has 0 aliphatic heterocycles. The highest BCUT2D eigenvalue weighted by Crippen LogP contribution is 2.22. The molecule has 1 aromatic rings. The van der Waals surface area contributed by atoms with E-state index in [1.807, 2.05) is 0 Å². The maximum absolute atomic E-state index is 12.2. The molecule has 5 nitrogen and oxygen atoms in total. The minimum absolute atomic E-state index is 0.113. The highest BCUT2D eigenvalue weighted by atomic mass is 32.2. The lowest BCUT2D eigenvalue weighted by atomic mass is 10.2. The summed E-state index contributed by atoms with van der Waals surface area (Å²) < 4.78 is 65.1. The van der Waals surface area contributed by atoms with E-state index < -0.39 is 34.5 Å². The second-order valence-corrected chi connectivity index (χ2v) is 6.42. The quantitative estimate of drug-likeness (QED) is 0.615. The largest absolute Gasteiger partial charge is 0.414 e. The first-order valence-electron chi connectivity index (χ1n) is 5.89. The Morgan fingerprint density at radius 1 is 1.43 bits per heavy atom. The number of hydrogen-bond acceptors (Lipinski definition) is 4. The van der Waals surface area contributed by atoms with Crippen molar-refractivity contribution in [3.63, 3.8) is 0 Å². The van der Waals surface area contributed by atoms with Gasteiger partial charge in [-0.3, -0.25) is 5.41 Å². The van der Waals surface area contributed by atoms with Crippen molar-refractivity contribution in [1.82, 2.24) is 0 Å². The molecule has 3 N–H and O–H groups in total. The first-order chi connectivity index (χ1) is 9.54. The van der Waals surface area contributed by atoms with Crippen LogP contribution in [-0.2, 0) is 14.6 Å². The SMILES string of the molecule is CC(OCCS(=O)(=O)c1cccc(C(=N)N)c1)C(F)(F)F. The topological polar surface area (TPSA) is 93.2 Å². The molecule has 0 aliphatic rings. The molecule has 1 aromatic carbocycles. The molecule has 0 fully saturated rings.